The zero-order valence-electron chi connectivity index (χ0n) is 27.0. The van der Waals surface area contributed by atoms with Crippen LogP contribution in [-0.4, -0.2) is 135 Å². The van der Waals surface area contributed by atoms with Crippen LogP contribution < -0.4 is 5.32 Å². The van der Waals surface area contributed by atoms with Crippen LogP contribution in [0.25, 0.3) is 0 Å². The Morgan fingerprint density at radius 1 is 0.542 bits per heavy atom. The summed E-state index contributed by atoms with van der Waals surface area (Å²) in [6.07, 6.45) is 0. The van der Waals surface area contributed by atoms with Gasteiger partial charge in [0.05, 0.1) is 127 Å². The maximum atomic E-state index is 11.8. The molecule has 268 valence electrons. The van der Waals surface area contributed by atoms with Crippen LogP contribution in [0.5, 0.6) is 0 Å². The second kappa shape index (κ2) is 27.2. The molecule has 2 aromatic carbocycles. The van der Waals surface area contributed by atoms with Crippen LogP contribution in [-0.2, 0) is 42.6 Å². The van der Waals surface area contributed by atoms with Gasteiger partial charge in [0.25, 0.3) is 11.4 Å². The molecule has 0 heterocycles. The van der Waals surface area contributed by atoms with Gasteiger partial charge in [-0.15, -0.1) is 0 Å². The Morgan fingerprint density at radius 2 is 0.958 bits per heavy atom. The molecule has 0 aliphatic heterocycles. The lowest BCUT2D eigenvalue weighted by Crippen LogP contribution is -2.16. The zero-order valence-corrected chi connectivity index (χ0v) is 27.0. The van der Waals surface area contributed by atoms with Crippen molar-refractivity contribution >= 4 is 23.0 Å². The van der Waals surface area contributed by atoms with Gasteiger partial charge in [0.1, 0.15) is 12.3 Å². The van der Waals surface area contributed by atoms with Crippen molar-refractivity contribution < 1.29 is 57.3 Å². The van der Waals surface area contributed by atoms with E-state index in [0.29, 0.717) is 105 Å². The number of benzene rings is 2. The lowest BCUT2D eigenvalue weighted by molar-refractivity contribution is -0.393. The minimum atomic E-state index is -0.684. The van der Waals surface area contributed by atoms with Crippen molar-refractivity contribution in [2.45, 2.75) is 0 Å². The largest absolute Gasteiger partial charge is 0.460 e. The molecule has 0 bridgehead atoms. The Balaban J connectivity index is 1.23. The number of esters is 1. The van der Waals surface area contributed by atoms with E-state index in [1.807, 2.05) is 6.07 Å². The van der Waals surface area contributed by atoms with Crippen molar-refractivity contribution in [2.75, 3.05) is 124 Å². The van der Waals surface area contributed by atoms with Crippen LogP contribution in [0.4, 0.5) is 17.1 Å². The topological polar surface area (TPSA) is 198 Å². The standard InChI is InChI=1S/C31H45N3O14/c35-31(27-4-2-1-3-5-27)48-25-24-47-23-22-46-21-20-45-19-18-44-17-16-43-15-14-42-13-12-41-11-10-40-9-8-32-29-7-6-28(33(36)37)26-30(29)34(38)39/h1-7,26,32H,8-25H2. The highest BCUT2D eigenvalue weighted by atomic mass is 16.6. The summed E-state index contributed by atoms with van der Waals surface area (Å²) in [5.41, 5.74) is -0.0261. The van der Waals surface area contributed by atoms with Gasteiger partial charge in [0.2, 0.25) is 0 Å². The number of nitro benzene ring substituents is 2. The molecule has 1 N–H and O–H groups in total. The van der Waals surface area contributed by atoms with Gasteiger partial charge in [-0.25, -0.2) is 4.79 Å². The summed E-state index contributed by atoms with van der Waals surface area (Å²) >= 11 is 0. The maximum absolute atomic E-state index is 11.8. The van der Waals surface area contributed by atoms with E-state index >= 15 is 0 Å². The molecule has 0 radical (unpaired) electrons. The van der Waals surface area contributed by atoms with E-state index in [0.717, 1.165) is 6.07 Å². The van der Waals surface area contributed by atoms with E-state index in [-0.39, 0.29) is 42.8 Å². The Bertz CT molecular complexity index is 1160. The smallest absolute Gasteiger partial charge is 0.338 e. The minimum absolute atomic E-state index is 0.182. The van der Waals surface area contributed by atoms with Crippen molar-refractivity contribution in [3.8, 4) is 0 Å². The van der Waals surface area contributed by atoms with E-state index in [2.05, 4.69) is 5.32 Å². The third-order valence-corrected chi connectivity index (χ3v) is 6.03. The van der Waals surface area contributed by atoms with Crippen LogP contribution in [0, 0.1) is 20.2 Å². The van der Waals surface area contributed by atoms with E-state index in [4.69, 9.17) is 42.6 Å². The highest BCUT2D eigenvalue weighted by Gasteiger charge is 2.19. The molecule has 0 aromatic heterocycles. The van der Waals surface area contributed by atoms with E-state index in [1.54, 1.807) is 24.3 Å². The van der Waals surface area contributed by atoms with Crippen molar-refractivity contribution in [1.29, 1.82) is 0 Å². The van der Waals surface area contributed by atoms with Gasteiger partial charge < -0.3 is 47.9 Å². The van der Waals surface area contributed by atoms with E-state index in [9.17, 15) is 25.0 Å². The van der Waals surface area contributed by atoms with E-state index in [1.165, 1.54) is 12.1 Å². The van der Waals surface area contributed by atoms with Crippen LogP contribution in [0.3, 0.4) is 0 Å². The SMILES string of the molecule is O=C(OCCOCCOCCOCCOCCOCCOCCOCCOCCNc1ccc([N+](=O)[O-])cc1[N+](=O)[O-])c1ccccc1. The van der Waals surface area contributed by atoms with Crippen molar-refractivity contribution in [3.63, 3.8) is 0 Å². The molecular weight excluding hydrogens is 638 g/mol. The Labute approximate surface area is 278 Å². The number of non-ortho nitro benzene ring substituents is 1. The predicted octanol–water partition coefficient (Wildman–Crippen LogP) is 2.90. The number of carbonyl (C=O) groups excluding carboxylic acids is 1. The first-order valence-corrected chi connectivity index (χ1v) is 15.5. The first-order valence-electron chi connectivity index (χ1n) is 15.5. The van der Waals surface area contributed by atoms with Gasteiger partial charge in [0.15, 0.2) is 0 Å². The molecule has 2 aromatic rings. The first kappa shape index (κ1) is 40.4. The van der Waals surface area contributed by atoms with Gasteiger partial charge in [-0.1, -0.05) is 18.2 Å². The monoisotopic (exact) mass is 683 g/mol. The third kappa shape index (κ3) is 19.8. The second-order valence-corrected chi connectivity index (χ2v) is 9.54. The van der Waals surface area contributed by atoms with Gasteiger partial charge >= 0.3 is 5.97 Å². The van der Waals surface area contributed by atoms with Gasteiger partial charge in [-0.3, -0.25) is 20.2 Å². The molecular formula is C31H45N3O14. The summed E-state index contributed by atoms with van der Waals surface area (Å²) in [6, 6.07) is 12.2. The number of nitrogens with one attached hydrogen (secondary N) is 1. The fraction of sp³-hybridized carbons (Fsp3) is 0.581. The van der Waals surface area contributed by atoms with Gasteiger partial charge in [-0.05, 0) is 18.2 Å². The molecule has 48 heavy (non-hydrogen) atoms. The third-order valence-electron chi connectivity index (χ3n) is 6.03. The second-order valence-electron chi connectivity index (χ2n) is 9.54. The van der Waals surface area contributed by atoms with Crippen LogP contribution in [0.15, 0.2) is 48.5 Å². The molecule has 17 heteroatoms. The molecule has 0 aliphatic rings. The van der Waals surface area contributed by atoms with Crippen LogP contribution in [0.1, 0.15) is 10.4 Å². The molecule has 0 amide bonds. The number of anilines is 1. The Kier molecular flexibility index (Phi) is 22.9. The molecule has 0 fully saturated rings. The Hall–Kier alpha value is -3.81. The quantitative estimate of drug-likeness (QED) is 0.0526. The van der Waals surface area contributed by atoms with Crippen LogP contribution >= 0.6 is 0 Å². The summed E-state index contributed by atoms with van der Waals surface area (Å²) in [6.45, 7) is 6.89. The minimum Gasteiger partial charge on any atom is -0.460 e. The number of nitrogens with zero attached hydrogens (tertiary/aromatic N) is 2. The number of ether oxygens (including phenoxy) is 9. The molecule has 0 spiro atoms. The number of rotatable bonds is 31. The maximum Gasteiger partial charge on any atom is 0.338 e. The number of carbonyl (C=O) groups is 1. The van der Waals surface area contributed by atoms with Crippen LogP contribution in [0.2, 0.25) is 0 Å². The molecule has 0 atom stereocenters. The first-order chi connectivity index (χ1) is 23.5. The Morgan fingerprint density at radius 3 is 1.38 bits per heavy atom. The van der Waals surface area contributed by atoms with Crippen molar-refractivity contribution in [3.05, 3.63) is 74.3 Å². The lowest BCUT2D eigenvalue weighted by Gasteiger charge is -2.09. The fourth-order valence-electron chi connectivity index (χ4n) is 3.68. The summed E-state index contributed by atoms with van der Waals surface area (Å²) in [5, 5.41) is 24.8. The average Bonchev–Trinajstić information content (AvgIpc) is 3.09. The molecule has 2 rings (SSSR count). The fourth-order valence-corrected chi connectivity index (χ4v) is 3.68. The normalized spacial score (nSPS) is 11.0. The molecule has 0 saturated carbocycles. The number of hydrogen-bond donors (Lipinski definition) is 1. The molecule has 17 nitrogen and oxygen atoms in total. The summed E-state index contributed by atoms with van der Waals surface area (Å²) < 4.78 is 48.5. The molecule has 0 aliphatic carbocycles. The predicted molar refractivity (Wildman–Crippen MR) is 172 cm³/mol. The lowest BCUT2D eigenvalue weighted by atomic mass is 10.2. The summed E-state index contributed by atoms with van der Waals surface area (Å²) in [4.78, 5) is 32.4. The van der Waals surface area contributed by atoms with E-state index < -0.39 is 9.85 Å². The average molecular weight is 684 g/mol. The van der Waals surface area contributed by atoms with Crippen molar-refractivity contribution in [1.82, 2.24) is 0 Å². The van der Waals surface area contributed by atoms with Gasteiger partial charge in [-0.2, -0.15) is 0 Å². The molecule has 0 unspecified atom stereocenters. The van der Waals surface area contributed by atoms with Gasteiger partial charge in [0, 0.05) is 12.6 Å². The highest BCUT2D eigenvalue weighted by molar-refractivity contribution is 5.89. The zero-order chi connectivity index (χ0) is 34.5. The number of nitro groups is 2. The number of hydrogen-bond acceptors (Lipinski definition) is 15. The van der Waals surface area contributed by atoms with Crippen molar-refractivity contribution in [2.24, 2.45) is 0 Å². The highest BCUT2D eigenvalue weighted by Crippen LogP contribution is 2.28. The summed E-state index contributed by atoms with van der Waals surface area (Å²) in [7, 11) is 0. The molecule has 0 saturated heterocycles. The summed E-state index contributed by atoms with van der Waals surface area (Å²) in [5.74, 6) is -0.372.